The molecule has 0 unspecified atom stereocenters. The van der Waals surface area contributed by atoms with E-state index in [1.807, 2.05) is 0 Å². The molecule has 0 saturated carbocycles. The fraction of sp³-hybridized carbons (Fsp3) is 0.227. The van der Waals surface area contributed by atoms with E-state index in [0.717, 1.165) is 35.2 Å². The highest BCUT2D eigenvalue weighted by Gasteiger charge is 2.32. The van der Waals surface area contributed by atoms with Crippen LogP contribution in [0, 0.1) is 17.6 Å². The number of nitrogens with one attached hydrogen (secondary N) is 2. The molecule has 4 rings (SSSR count). The van der Waals surface area contributed by atoms with Crippen LogP contribution in [0.4, 0.5) is 8.78 Å². The Hall–Kier alpha value is -2.53. The molecule has 1 aliphatic heterocycles. The largest absolute Gasteiger partial charge is 0.352 e. The summed E-state index contributed by atoms with van der Waals surface area (Å²) in [5, 5.41) is 7.20. The van der Waals surface area contributed by atoms with Crippen LogP contribution in [0.1, 0.15) is 36.9 Å². The summed E-state index contributed by atoms with van der Waals surface area (Å²) in [6.45, 7) is 2.22. The lowest BCUT2D eigenvalue weighted by atomic mass is 9.78. The monoisotopic (exact) mass is 382 g/mol. The lowest BCUT2D eigenvalue weighted by molar-refractivity contribution is 0.499. The molecule has 2 nitrogen and oxygen atoms in total. The van der Waals surface area contributed by atoms with Crippen molar-refractivity contribution in [2.75, 3.05) is 0 Å². The van der Waals surface area contributed by atoms with Crippen LogP contribution in [0.3, 0.4) is 0 Å². The smallest absolute Gasteiger partial charge is 0.171 e. The van der Waals surface area contributed by atoms with Gasteiger partial charge in [-0.1, -0.05) is 31.2 Å². The fourth-order valence-electron chi connectivity index (χ4n) is 3.85. The summed E-state index contributed by atoms with van der Waals surface area (Å²) in [4.78, 5) is 0. The van der Waals surface area contributed by atoms with Crippen molar-refractivity contribution < 1.29 is 8.78 Å². The normalized spacial score (nSPS) is 23.7. The SMILES string of the molecule is C[C@H]1CC2=C(NC(=S)N[C@@H]2c2ccc(F)cc2)/C(=C/c2ccc(F)cc2)C1. The van der Waals surface area contributed by atoms with Gasteiger partial charge in [0, 0.05) is 5.70 Å². The summed E-state index contributed by atoms with van der Waals surface area (Å²) in [5.41, 5.74) is 5.36. The van der Waals surface area contributed by atoms with Crippen molar-refractivity contribution >= 4 is 23.4 Å². The molecule has 1 aliphatic carbocycles. The van der Waals surface area contributed by atoms with E-state index in [1.54, 1.807) is 24.3 Å². The van der Waals surface area contributed by atoms with E-state index in [1.165, 1.54) is 29.8 Å². The van der Waals surface area contributed by atoms with Gasteiger partial charge in [0.2, 0.25) is 0 Å². The molecule has 27 heavy (non-hydrogen) atoms. The first-order valence-electron chi connectivity index (χ1n) is 9.02. The summed E-state index contributed by atoms with van der Waals surface area (Å²) in [6, 6.07) is 13.0. The molecule has 0 amide bonds. The molecule has 2 aromatic carbocycles. The second kappa shape index (κ2) is 7.24. The van der Waals surface area contributed by atoms with Gasteiger partial charge in [-0.25, -0.2) is 8.78 Å². The van der Waals surface area contributed by atoms with E-state index in [-0.39, 0.29) is 17.7 Å². The van der Waals surface area contributed by atoms with Crippen LogP contribution < -0.4 is 10.6 Å². The van der Waals surface area contributed by atoms with Gasteiger partial charge in [0.1, 0.15) is 11.6 Å². The number of rotatable bonds is 2. The minimum Gasteiger partial charge on any atom is -0.352 e. The Kier molecular flexibility index (Phi) is 4.79. The maximum atomic E-state index is 13.4. The Labute approximate surface area is 163 Å². The zero-order valence-electron chi connectivity index (χ0n) is 14.9. The van der Waals surface area contributed by atoms with Gasteiger partial charge in [0.15, 0.2) is 5.11 Å². The van der Waals surface area contributed by atoms with Gasteiger partial charge in [0.25, 0.3) is 0 Å². The van der Waals surface area contributed by atoms with Gasteiger partial charge in [-0.15, -0.1) is 0 Å². The molecule has 2 aliphatic rings. The van der Waals surface area contributed by atoms with Crippen LogP contribution in [0.25, 0.3) is 6.08 Å². The Morgan fingerprint density at radius 1 is 0.963 bits per heavy atom. The van der Waals surface area contributed by atoms with E-state index >= 15 is 0 Å². The topological polar surface area (TPSA) is 24.1 Å². The zero-order chi connectivity index (χ0) is 19.0. The minimum absolute atomic E-state index is 0.0753. The number of halogens is 2. The standard InChI is InChI=1S/C22H20F2N2S/c1-13-10-16(12-14-2-6-17(23)7-3-14)21-19(11-13)20(25-22(27)26-21)15-4-8-18(24)9-5-15/h2-9,12-13,20H,10-11H2,1H3,(H2,25,26,27)/b16-12+/t13-,20-/m1/s1. The summed E-state index contributed by atoms with van der Waals surface area (Å²) in [7, 11) is 0. The lowest BCUT2D eigenvalue weighted by Gasteiger charge is -2.38. The van der Waals surface area contributed by atoms with Crippen LogP contribution in [0.15, 0.2) is 65.4 Å². The van der Waals surface area contributed by atoms with Crippen molar-refractivity contribution in [2.45, 2.75) is 25.8 Å². The first-order valence-corrected chi connectivity index (χ1v) is 9.43. The first-order chi connectivity index (χ1) is 13.0. The third kappa shape index (κ3) is 3.78. The van der Waals surface area contributed by atoms with Crippen molar-refractivity contribution in [3.8, 4) is 0 Å². The van der Waals surface area contributed by atoms with Crippen molar-refractivity contribution in [1.82, 2.24) is 10.6 Å². The first kappa shape index (κ1) is 17.9. The van der Waals surface area contributed by atoms with Gasteiger partial charge in [0.05, 0.1) is 6.04 Å². The van der Waals surface area contributed by atoms with E-state index in [9.17, 15) is 8.78 Å². The van der Waals surface area contributed by atoms with Crippen molar-refractivity contribution in [3.05, 3.63) is 88.1 Å². The quantitative estimate of drug-likeness (QED) is 0.694. The minimum atomic E-state index is -0.252. The van der Waals surface area contributed by atoms with E-state index in [4.69, 9.17) is 12.2 Å². The average Bonchev–Trinajstić information content (AvgIpc) is 2.64. The van der Waals surface area contributed by atoms with Crippen LogP contribution in [0.5, 0.6) is 0 Å². The second-order valence-electron chi connectivity index (χ2n) is 7.22. The summed E-state index contributed by atoms with van der Waals surface area (Å²) >= 11 is 5.43. The van der Waals surface area contributed by atoms with Crippen molar-refractivity contribution in [3.63, 3.8) is 0 Å². The molecule has 0 fully saturated rings. The van der Waals surface area contributed by atoms with E-state index in [2.05, 4.69) is 23.6 Å². The van der Waals surface area contributed by atoms with Crippen molar-refractivity contribution in [1.29, 1.82) is 0 Å². The molecule has 138 valence electrons. The molecule has 0 spiro atoms. The molecule has 2 aromatic rings. The maximum absolute atomic E-state index is 13.4. The summed E-state index contributed by atoms with van der Waals surface area (Å²) in [5.74, 6) is -0.0290. The van der Waals surface area contributed by atoms with Crippen LogP contribution in [-0.4, -0.2) is 5.11 Å². The molecule has 2 N–H and O–H groups in total. The molecule has 5 heteroatoms. The van der Waals surface area contributed by atoms with Gasteiger partial charge >= 0.3 is 0 Å². The predicted molar refractivity (Wildman–Crippen MR) is 108 cm³/mol. The predicted octanol–water partition coefficient (Wildman–Crippen LogP) is 5.25. The molecule has 0 bridgehead atoms. The molecule has 0 aromatic heterocycles. The molecular formula is C22H20F2N2S. The number of hydrogen-bond acceptors (Lipinski definition) is 1. The van der Waals surface area contributed by atoms with Gasteiger partial charge in [-0.3, -0.25) is 0 Å². The highest BCUT2D eigenvalue weighted by atomic mass is 32.1. The molecule has 1 heterocycles. The number of benzene rings is 2. The number of thiocarbonyl (C=S) groups is 1. The maximum Gasteiger partial charge on any atom is 0.171 e. The zero-order valence-corrected chi connectivity index (χ0v) is 15.7. The second-order valence-corrected chi connectivity index (χ2v) is 7.63. The van der Waals surface area contributed by atoms with Crippen LogP contribution >= 0.6 is 12.2 Å². The average molecular weight is 382 g/mol. The lowest BCUT2D eigenvalue weighted by Crippen LogP contribution is -2.45. The number of allylic oxidation sites excluding steroid dienone is 1. The Morgan fingerprint density at radius 2 is 1.59 bits per heavy atom. The molecule has 0 radical (unpaired) electrons. The fourth-order valence-corrected chi connectivity index (χ4v) is 4.07. The third-order valence-electron chi connectivity index (χ3n) is 5.06. The Balaban J connectivity index is 1.78. The summed E-state index contributed by atoms with van der Waals surface area (Å²) in [6.07, 6.45) is 3.94. The van der Waals surface area contributed by atoms with E-state index in [0.29, 0.717) is 11.0 Å². The van der Waals surface area contributed by atoms with Crippen LogP contribution in [0.2, 0.25) is 0 Å². The Morgan fingerprint density at radius 3 is 2.26 bits per heavy atom. The van der Waals surface area contributed by atoms with Gasteiger partial charge < -0.3 is 10.6 Å². The number of hydrogen-bond donors (Lipinski definition) is 2. The summed E-state index contributed by atoms with van der Waals surface area (Å²) < 4.78 is 26.6. The van der Waals surface area contributed by atoms with E-state index < -0.39 is 0 Å². The Bertz CT molecular complexity index is 930. The molecular weight excluding hydrogens is 362 g/mol. The molecule has 0 saturated heterocycles. The third-order valence-corrected chi connectivity index (χ3v) is 5.28. The van der Waals surface area contributed by atoms with Crippen molar-refractivity contribution in [2.24, 2.45) is 5.92 Å². The molecule has 2 atom stereocenters. The highest BCUT2D eigenvalue weighted by molar-refractivity contribution is 7.80. The van der Waals surface area contributed by atoms with Gasteiger partial charge in [-0.05, 0) is 83.6 Å². The van der Waals surface area contributed by atoms with Gasteiger partial charge in [-0.2, -0.15) is 0 Å². The highest BCUT2D eigenvalue weighted by Crippen LogP contribution is 2.41. The van der Waals surface area contributed by atoms with Crippen LogP contribution in [-0.2, 0) is 0 Å².